The van der Waals surface area contributed by atoms with Gasteiger partial charge in [0.05, 0.1) is 18.1 Å². The summed E-state index contributed by atoms with van der Waals surface area (Å²) >= 11 is 0. The first-order chi connectivity index (χ1) is 11.6. The molecule has 120 valence electrons. The molecule has 4 rings (SSSR count). The van der Waals surface area contributed by atoms with Crippen molar-refractivity contribution in [3.63, 3.8) is 0 Å². The second-order valence-electron chi connectivity index (χ2n) is 5.21. The van der Waals surface area contributed by atoms with Crippen molar-refractivity contribution in [3.8, 4) is 0 Å². The SMILES string of the molecule is O=C(Nc1cccnc1)c1cnn2c1NC(=C1C=C1)C=C2C(F)F. The number of nitrogens with one attached hydrogen (secondary N) is 2. The molecule has 0 unspecified atom stereocenters. The second-order valence-corrected chi connectivity index (χ2v) is 5.21. The monoisotopic (exact) mass is 327 g/mol. The Morgan fingerprint density at radius 2 is 2.12 bits per heavy atom. The van der Waals surface area contributed by atoms with E-state index < -0.39 is 12.3 Å². The first kappa shape index (κ1) is 14.3. The molecule has 0 fully saturated rings. The zero-order chi connectivity index (χ0) is 16.7. The van der Waals surface area contributed by atoms with Gasteiger partial charge in [-0.25, -0.2) is 13.5 Å². The number of halogens is 2. The van der Waals surface area contributed by atoms with Crippen LogP contribution in [0.15, 0.2) is 60.2 Å². The predicted octanol–water partition coefficient (Wildman–Crippen LogP) is 2.89. The third-order valence-electron chi connectivity index (χ3n) is 3.59. The van der Waals surface area contributed by atoms with Crippen molar-refractivity contribution < 1.29 is 13.6 Å². The van der Waals surface area contributed by atoms with E-state index in [1.807, 2.05) is 0 Å². The Morgan fingerprint density at radius 3 is 2.79 bits per heavy atom. The summed E-state index contributed by atoms with van der Waals surface area (Å²) in [7, 11) is 0. The third-order valence-corrected chi connectivity index (χ3v) is 3.59. The lowest BCUT2D eigenvalue weighted by atomic mass is 10.2. The van der Waals surface area contributed by atoms with E-state index in [9.17, 15) is 13.6 Å². The fourth-order valence-electron chi connectivity index (χ4n) is 2.37. The molecule has 2 N–H and O–H groups in total. The largest absolute Gasteiger partial charge is 0.339 e. The van der Waals surface area contributed by atoms with Gasteiger partial charge in [-0.15, -0.1) is 0 Å². The molecule has 8 heteroatoms. The molecule has 6 nitrogen and oxygen atoms in total. The van der Waals surface area contributed by atoms with Gasteiger partial charge in [-0.1, -0.05) is 12.2 Å². The van der Waals surface area contributed by atoms with Crippen molar-refractivity contribution in [2.45, 2.75) is 6.43 Å². The summed E-state index contributed by atoms with van der Waals surface area (Å²) in [5.74, 6) is -0.245. The lowest BCUT2D eigenvalue weighted by Gasteiger charge is -2.20. The lowest BCUT2D eigenvalue weighted by Crippen LogP contribution is -2.20. The molecule has 24 heavy (non-hydrogen) atoms. The van der Waals surface area contributed by atoms with Crippen LogP contribution in [0.3, 0.4) is 0 Å². The molecule has 1 amide bonds. The van der Waals surface area contributed by atoms with Gasteiger partial charge < -0.3 is 10.6 Å². The average molecular weight is 327 g/mol. The van der Waals surface area contributed by atoms with Crippen LogP contribution in [-0.2, 0) is 0 Å². The van der Waals surface area contributed by atoms with Crippen molar-refractivity contribution >= 4 is 23.1 Å². The van der Waals surface area contributed by atoms with E-state index >= 15 is 0 Å². The molecular formula is C16H11F2N5O. The molecule has 3 heterocycles. The van der Waals surface area contributed by atoms with Gasteiger partial charge in [0, 0.05) is 11.9 Å². The summed E-state index contributed by atoms with van der Waals surface area (Å²) in [4.78, 5) is 16.4. The summed E-state index contributed by atoms with van der Waals surface area (Å²) in [5.41, 5.74) is 1.74. The Kier molecular flexibility index (Phi) is 3.23. The first-order valence-corrected chi connectivity index (χ1v) is 7.12. The van der Waals surface area contributed by atoms with E-state index in [1.165, 1.54) is 18.5 Å². The van der Waals surface area contributed by atoms with E-state index in [0.717, 1.165) is 10.3 Å². The van der Waals surface area contributed by atoms with Crippen molar-refractivity contribution in [3.05, 3.63) is 65.8 Å². The van der Waals surface area contributed by atoms with Gasteiger partial charge in [-0.3, -0.25) is 9.78 Å². The maximum Gasteiger partial charge on any atom is 0.280 e. The number of rotatable bonds is 3. The van der Waals surface area contributed by atoms with E-state index in [0.29, 0.717) is 11.4 Å². The van der Waals surface area contributed by atoms with Crippen LogP contribution < -0.4 is 10.6 Å². The van der Waals surface area contributed by atoms with Crippen LogP contribution in [0.1, 0.15) is 10.4 Å². The van der Waals surface area contributed by atoms with Crippen molar-refractivity contribution in [2.24, 2.45) is 0 Å². The van der Waals surface area contributed by atoms with Gasteiger partial charge in [0.1, 0.15) is 17.1 Å². The highest BCUT2D eigenvalue weighted by molar-refractivity contribution is 6.08. The molecular weight excluding hydrogens is 316 g/mol. The fourth-order valence-corrected chi connectivity index (χ4v) is 2.37. The summed E-state index contributed by atoms with van der Waals surface area (Å²) < 4.78 is 27.7. The maximum absolute atomic E-state index is 13.3. The minimum absolute atomic E-state index is 0.170. The normalized spacial score (nSPS) is 15.0. The van der Waals surface area contributed by atoms with Crippen LogP contribution in [0.25, 0.3) is 5.70 Å². The number of aromatic nitrogens is 3. The minimum Gasteiger partial charge on any atom is -0.339 e. The lowest BCUT2D eigenvalue weighted by molar-refractivity contribution is 0.102. The quantitative estimate of drug-likeness (QED) is 0.909. The number of alkyl halides is 2. The van der Waals surface area contributed by atoms with Crippen LogP contribution in [0.2, 0.25) is 0 Å². The highest BCUT2D eigenvalue weighted by Gasteiger charge is 2.28. The molecule has 0 spiro atoms. The Labute approximate surface area is 135 Å². The van der Waals surface area contributed by atoms with E-state index in [1.54, 1.807) is 30.5 Å². The van der Waals surface area contributed by atoms with Gasteiger partial charge in [0.25, 0.3) is 12.3 Å². The number of carbonyl (C=O) groups excluding carboxylic acids is 1. The third kappa shape index (κ3) is 2.47. The van der Waals surface area contributed by atoms with Crippen LogP contribution in [-0.4, -0.2) is 27.1 Å². The average Bonchev–Trinajstić information content (AvgIpc) is 3.34. The molecule has 0 radical (unpaired) electrons. The molecule has 2 aromatic rings. The summed E-state index contributed by atoms with van der Waals surface area (Å²) in [6.45, 7) is 0. The molecule has 0 saturated heterocycles. The highest BCUT2D eigenvalue weighted by atomic mass is 19.3. The number of nitrogens with zero attached hydrogens (tertiary/aromatic N) is 3. The highest BCUT2D eigenvalue weighted by Crippen LogP contribution is 2.34. The molecule has 0 saturated carbocycles. The number of amides is 1. The van der Waals surface area contributed by atoms with Crippen LogP contribution in [0, 0.1) is 0 Å². The fraction of sp³-hybridized carbons (Fsp3) is 0.0625. The predicted molar refractivity (Wildman–Crippen MR) is 84.5 cm³/mol. The van der Waals surface area contributed by atoms with Crippen LogP contribution in [0.4, 0.5) is 20.3 Å². The topological polar surface area (TPSA) is 71.8 Å². The first-order valence-electron chi connectivity index (χ1n) is 7.12. The van der Waals surface area contributed by atoms with E-state index in [2.05, 4.69) is 20.7 Å². The molecule has 0 atom stereocenters. The van der Waals surface area contributed by atoms with Gasteiger partial charge in [0.15, 0.2) is 0 Å². The molecule has 0 aromatic carbocycles. The van der Waals surface area contributed by atoms with Crippen LogP contribution >= 0.6 is 0 Å². The maximum atomic E-state index is 13.3. The zero-order valence-corrected chi connectivity index (χ0v) is 12.2. The summed E-state index contributed by atoms with van der Waals surface area (Å²) in [5, 5.41) is 9.58. The van der Waals surface area contributed by atoms with Gasteiger partial charge in [-0.2, -0.15) is 5.10 Å². The molecule has 1 aliphatic carbocycles. The van der Waals surface area contributed by atoms with Crippen molar-refractivity contribution in [1.82, 2.24) is 14.8 Å². The van der Waals surface area contributed by atoms with Gasteiger partial charge in [-0.05, 0) is 23.8 Å². The number of pyridine rings is 1. The molecule has 1 aliphatic heterocycles. The molecule has 2 aromatic heterocycles. The zero-order valence-electron chi connectivity index (χ0n) is 12.2. The van der Waals surface area contributed by atoms with Gasteiger partial charge in [0.2, 0.25) is 0 Å². The van der Waals surface area contributed by atoms with Crippen molar-refractivity contribution in [1.29, 1.82) is 0 Å². The number of anilines is 2. The molecule has 2 aliphatic rings. The Balaban J connectivity index is 1.70. The van der Waals surface area contributed by atoms with Gasteiger partial charge >= 0.3 is 0 Å². The molecule has 0 bridgehead atoms. The van der Waals surface area contributed by atoms with E-state index in [4.69, 9.17) is 0 Å². The van der Waals surface area contributed by atoms with E-state index in [-0.39, 0.29) is 17.1 Å². The number of fused-ring (bicyclic) bond motifs is 1. The smallest absolute Gasteiger partial charge is 0.280 e. The minimum atomic E-state index is -2.71. The number of allylic oxidation sites excluding steroid dienone is 5. The Hall–Kier alpha value is -3.29. The summed E-state index contributed by atoms with van der Waals surface area (Å²) in [6, 6.07) is 3.36. The van der Waals surface area contributed by atoms with Crippen LogP contribution in [0.5, 0.6) is 0 Å². The Morgan fingerprint density at radius 1 is 1.29 bits per heavy atom. The number of carbonyl (C=O) groups is 1. The number of hydrogen-bond donors (Lipinski definition) is 2. The standard InChI is InChI=1S/C16H11F2N5O/c17-14(18)13-6-12(9-3-4-9)22-15-11(8-20-23(13)15)16(24)21-10-2-1-5-19-7-10/h1-8,14,22H,(H,21,24). The van der Waals surface area contributed by atoms with Crippen molar-refractivity contribution in [2.75, 3.05) is 10.6 Å². The second kappa shape index (κ2) is 5.41. The Bertz CT molecular complexity index is 904. The number of hydrogen-bond acceptors (Lipinski definition) is 4. The summed E-state index contributed by atoms with van der Waals surface area (Å²) in [6.07, 6.45) is 6.55.